The number of unbranched alkanes of at least 4 members (excludes halogenated alkanes) is 3. The quantitative estimate of drug-likeness (QED) is 0.179. The first-order chi connectivity index (χ1) is 20.1. The number of allylic oxidation sites excluding steroid dienone is 2. The second-order valence-electron chi connectivity index (χ2n) is 9.58. The summed E-state index contributed by atoms with van der Waals surface area (Å²) < 4.78 is 10.9. The zero-order chi connectivity index (χ0) is 31.1. The monoisotopic (exact) mass is 564 g/mol. The van der Waals surface area contributed by atoms with Gasteiger partial charge in [-0.2, -0.15) is 21.0 Å². The summed E-state index contributed by atoms with van der Waals surface area (Å²) in [7, 11) is 7.35. The number of esters is 2. The summed E-state index contributed by atoms with van der Waals surface area (Å²) in [5, 5.41) is 36.3. The molecular weight excluding hydrogens is 532 g/mol. The Hall–Kier alpha value is -5.58. The molecule has 42 heavy (non-hydrogen) atoms. The van der Waals surface area contributed by atoms with E-state index in [9.17, 15) is 9.59 Å². The summed E-state index contributed by atoms with van der Waals surface area (Å²) in [5.41, 5.74) is 2.70. The number of hydrogen-bond acceptors (Lipinski definition) is 10. The van der Waals surface area contributed by atoms with Crippen molar-refractivity contribution in [2.24, 2.45) is 0 Å². The van der Waals surface area contributed by atoms with Crippen molar-refractivity contribution in [1.82, 2.24) is 0 Å². The van der Waals surface area contributed by atoms with Crippen LogP contribution in [0, 0.1) is 45.3 Å². The highest BCUT2D eigenvalue weighted by Crippen LogP contribution is 2.23. The van der Waals surface area contributed by atoms with Crippen LogP contribution in [-0.4, -0.2) is 53.3 Å². The van der Waals surface area contributed by atoms with Crippen LogP contribution in [0.1, 0.15) is 57.5 Å². The van der Waals surface area contributed by atoms with Crippen LogP contribution in [0.5, 0.6) is 0 Å². The van der Waals surface area contributed by atoms with Crippen molar-refractivity contribution in [2.45, 2.75) is 25.7 Å². The third-order valence-electron chi connectivity index (χ3n) is 6.13. The molecule has 0 fully saturated rings. The molecule has 2 rings (SSSR count). The minimum absolute atomic E-state index is 0.116. The molecule has 2 aromatic carbocycles. The Bertz CT molecular complexity index is 1380. The molecule has 0 aliphatic heterocycles. The predicted octanol–water partition coefficient (Wildman–Crippen LogP) is 5.25. The average molecular weight is 565 g/mol. The Morgan fingerprint density at radius 3 is 1.31 bits per heavy atom. The van der Waals surface area contributed by atoms with Crippen LogP contribution in [0.3, 0.4) is 0 Å². The molecule has 0 aliphatic rings. The smallest absolute Gasteiger partial charge is 0.338 e. The van der Waals surface area contributed by atoms with Gasteiger partial charge in [0.25, 0.3) is 0 Å². The highest BCUT2D eigenvalue weighted by atomic mass is 16.5. The predicted molar refractivity (Wildman–Crippen MR) is 159 cm³/mol. The van der Waals surface area contributed by atoms with Gasteiger partial charge >= 0.3 is 11.9 Å². The van der Waals surface area contributed by atoms with Gasteiger partial charge in [-0.25, -0.2) is 9.59 Å². The molecule has 0 amide bonds. The Balaban J connectivity index is 1.90. The molecular formula is C32H32N6O4. The molecule has 0 unspecified atom stereocenters. The van der Waals surface area contributed by atoms with Gasteiger partial charge < -0.3 is 19.3 Å². The highest BCUT2D eigenvalue weighted by molar-refractivity contribution is 5.96. The third kappa shape index (κ3) is 9.56. The fourth-order valence-electron chi connectivity index (χ4n) is 3.78. The second-order valence-corrected chi connectivity index (χ2v) is 9.58. The minimum Gasteiger partial charge on any atom is -0.462 e. The van der Waals surface area contributed by atoms with E-state index in [2.05, 4.69) is 0 Å². The maximum absolute atomic E-state index is 12.8. The third-order valence-corrected chi connectivity index (χ3v) is 6.13. The van der Waals surface area contributed by atoms with Crippen molar-refractivity contribution in [1.29, 1.82) is 21.0 Å². The van der Waals surface area contributed by atoms with Crippen molar-refractivity contribution in [3.05, 3.63) is 69.8 Å². The van der Waals surface area contributed by atoms with Crippen molar-refractivity contribution in [3.8, 4) is 24.3 Å². The van der Waals surface area contributed by atoms with E-state index in [4.69, 9.17) is 30.5 Å². The van der Waals surface area contributed by atoms with Crippen LogP contribution in [-0.2, 0) is 9.47 Å². The Morgan fingerprint density at radius 2 is 1.00 bits per heavy atom. The fraction of sp³-hybridized carbons (Fsp3) is 0.312. The molecule has 0 saturated carbocycles. The Labute approximate surface area is 246 Å². The van der Waals surface area contributed by atoms with Gasteiger partial charge in [0, 0.05) is 39.6 Å². The van der Waals surface area contributed by atoms with Crippen molar-refractivity contribution < 1.29 is 19.1 Å². The van der Waals surface area contributed by atoms with E-state index in [-0.39, 0.29) is 35.5 Å². The van der Waals surface area contributed by atoms with Gasteiger partial charge in [-0.05, 0) is 73.2 Å². The molecule has 0 radical (unpaired) electrons. The van der Waals surface area contributed by atoms with Crippen LogP contribution >= 0.6 is 0 Å². The van der Waals surface area contributed by atoms with E-state index in [0.717, 1.165) is 24.2 Å². The van der Waals surface area contributed by atoms with Crippen LogP contribution in [0.25, 0.3) is 12.2 Å². The number of rotatable bonds is 13. The molecule has 0 aromatic heterocycles. The number of nitrogens with zero attached hydrogens (tertiary/aromatic N) is 6. The molecule has 10 nitrogen and oxygen atoms in total. The lowest BCUT2D eigenvalue weighted by Crippen LogP contribution is -2.13. The number of ether oxygens (including phenoxy) is 2. The number of carbonyl (C=O) groups excluding carboxylic acids is 2. The summed E-state index contributed by atoms with van der Waals surface area (Å²) in [6.45, 7) is 0.370. The second kappa shape index (κ2) is 16.5. The van der Waals surface area contributed by atoms with Crippen LogP contribution < -0.4 is 9.80 Å². The van der Waals surface area contributed by atoms with Gasteiger partial charge in [-0.15, -0.1) is 0 Å². The summed E-state index contributed by atoms with van der Waals surface area (Å²) in [6, 6.07) is 17.4. The van der Waals surface area contributed by atoms with Gasteiger partial charge in [0.1, 0.15) is 35.4 Å². The molecule has 0 saturated heterocycles. The number of carbonyl (C=O) groups is 2. The lowest BCUT2D eigenvalue weighted by atomic mass is 10.0. The van der Waals surface area contributed by atoms with E-state index in [1.54, 1.807) is 60.7 Å². The normalized spacial score (nSPS) is 9.62. The highest BCUT2D eigenvalue weighted by Gasteiger charge is 2.16. The summed E-state index contributed by atoms with van der Waals surface area (Å²) in [4.78, 5) is 29.3. The number of nitriles is 4. The molecule has 2 aromatic rings. The Morgan fingerprint density at radius 1 is 0.643 bits per heavy atom. The molecule has 0 atom stereocenters. The van der Waals surface area contributed by atoms with E-state index in [0.29, 0.717) is 24.0 Å². The maximum atomic E-state index is 12.8. The summed E-state index contributed by atoms with van der Waals surface area (Å²) >= 11 is 0. The minimum atomic E-state index is -0.546. The van der Waals surface area contributed by atoms with E-state index < -0.39 is 11.9 Å². The van der Waals surface area contributed by atoms with E-state index >= 15 is 0 Å². The lowest BCUT2D eigenvalue weighted by molar-refractivity contribution is 0.0473. The largest absolute Gasteiger partial charge is 0.462 e. The molecule has 10 heteroatoms. The topological polar surface area (TPSA) is 154 Å². The van der Waals surface area contributed by atoms with Crippen LogP contribution in [0.15, 0.2) is 47.5 Å². The summed E-state index contributed by atoms with van der Waals surface area (Å²) in [5.74, 6) is -1.09. The average Bonchev–Trinajstić information content (AvgIpc) is 2.99. The van der Waals surface area contributed by atoms with E-state index in [1.165, 1.54) is 12.2 Å². The fourth-order valence-corrected chi connectivity index (χ4v) is 3.78. The Kier molecular flexibility index (Phi) is 12.8. The van der Waals surface area contributed by atoms with Crippen LogP contribution in [0.2, 0.25) is 0 Å². The first-order valence-electron chi connectivity index (χ1n) is 13.2. The van der Waals surface area contributed by atoms with Gasteiger partial charge in [-0.1, -0.05) is 12.1 Å². The van der Waals surface area contributed by atoms with Crippen LogP contribution in [0.4, 0.5) is 11.4 Å². The van der Waals surface area contributed by atoms with Gasteiger partial charge in [0.05, 0.1) is 24.3 Å². The molecule has 0 bridgehead atoms. The SMILES string of the molecule is CN(C)c1ccc(C=C(C#N)C#N)c(C(=O)OCCCCCCOC(=O)c2cc(N(C)C)ccc2C=C(C#N)C#N)c1. The number of anilines is 2. The molecule has 0 spiro atoms. The van der Waals surface area contributed by atoms with Gasteiger partial charge in [0.15, 0.2) is 0 Å². The van der Waals surface area contributed by atoms with Gasteiger partial charge in [0.2, 0.25) is 0 Å². The molecule has 0 N–H and O–H groups in total. The zero-order valence-electron chi connectivity index (χ0n) is 24.2. The van der Waals surface area contributed by atoms with E-state index in [1.807, 2.05) is 38.0 Å². The number of benzene rings is 2. The first-order valence-corrected chi connectivity index (χ1v) is 13.2. The zero-order valence-corrected chi connectivity index (χ0v) is 24.2. The molecule has 0 heterocycles. The number of hydrogen-bond donors (Lipinski definition) is 0. The first kappa shape index (κ1) is 32.6. The maximum Gasteiger partial charge on any atom is 0.338 e. The standard InChI is InChI=1S/C32H32N6O4/c1-37(2)27-11-9-25(15-23(19-33)20-34)29(17-27)31(39)41-13-7-5-6-8-14-42-32(40)30-18-28(38(3)4)12-10-26(30)16-24(21-35)22-36/h9-12,15-18H,5-8,13-14H2,1-4H3. The van der Waals surface area contributed by atoms with Crippen molar-refractivity contribution in [3.63, 3.8) is 0 Å². The van der Waals surface area contributed by atoms with Gasteiger partial charge in [-0.3, -0.25) is 0 Å². The van der Waals surface area contributed by atoms with Crippen molar-refractivity contribution >= 4 is 35.5 Å². The molecule has 214 valence electrons. The van der Waals surface area contributed by atoms with Crippen molar-refractivity contribution in [2.75, 3.05) is 51.2 Å². The molecule has 0 aliphatic carbocycles. The lowest BCUT2D eigenvalue weighted by Gasteiger charge is -2.15. The summed E-state index contributed by atoms with van der Waals surface area (Å²) in [6.07, 6.45) is 5.40.